The van der Waals surface area contributed by atoms with Gasteiger partial charge in [-0.15, -0.1) is 0 Å². The van der Waals surface area contributed by atoms with Crippen molar-refractivity contribution in [2.75, 3.05) is 17.2 Å². The number of anilines is 2. The lowest BCUT2D eigenvalue weighted by molar-refractivity contribution is -0.384. The maximum absolute atomic E-state index is 12.0. The lowest BCUT2D eigenvalue weighted by atomic mass is 10.2. The quantitative estimate of drug-likeness (QED) is 0.319. The molecule has 9 nitrogen and oxygen atoms in total. The van der Waals surface area contributed by atoms with Gasteiger partial charge >= 0.3 is 5.97 Å². The minimum Gasteiger partial charge on any atom is -0.456 e. The molecule has 0 heterocycles. The first-order chi connectivity index (χ1) is 14.2. The van der Waals surface area contributed by atoms with E-state index in [1.54, 1.807) is 19.1 Å². The van der Waals surface area contributed by atoms with E-state index in [0.717, 1.165) is 5.56 Å². The molecule has 0 radical (unpaired) electrons. The third kappa shape index (κ3) is 7.12. The van der Waals surface area contributed by atoms with Crippen LogP contribution in [0.4, 0.5) is 17.1 Å². The number of amides is 2. The number of esters is 1. The fraction of sp³-hybridized carbons (Fsp3) is 0.211. The van der Waals surface area contributed by atoms with Crippen LogP contribution < -0.4 is 10.6 Å². The molecule has 0 bridgehead atoms. The summed E-state index contributed by atoms with van der Waals surface area (Å²) in [4.78, 5) is 45.8. The number of non-ortho nitro benzene ring substituents is 1. The highest BCUT2D eigenvalue weighted by Gasteiger charge is 2.13. The van der Waals surface area contributed by atoms with Gasteiger partial charge < -0.3 is 15.4 Å². The van der Waals surface area contributed by atoms with Gasteiger partial charge in [-0.1, -0.05) is 17.7 Å². The van der Waals surface area contributed by atoms with Gasteiger partial charge in [-0.3, -0.25) is 24.5 Å². The highest BCUT2D eigenvalue weighted by atomic mass is 79.9. The van der Waals surface area contributed by atoms with Crippen LogP contribution in [-0.2, 0) is 19.1 Å². The number of carbonyl (C=O) groups is 3. The molecule has 2 N–H and O–H groups in total. The van der Waals surface area contributed by atoms with Crippen LogP contribution >= 0.6 is 27.5 Å². The lowest BCUT2D eigenvalue weighted by Crippen LogP contribution is -2.22. The Bertz CT molecular complexity index is 998. The predicted molar refractivity (Wildman–Crippen MR) is 114 cm³/mol. The number of halogens is 2. The normalized spacial score (nSPS) is 10.2. The maximum Gasteiger partial charge on any atom is 0.306 e. The topological polar surface area (TPSA) is 128 Å². The zero-order valence-corrected chi connectivity index (χ0v) is 18.1. The lowest BCUT2D eigenvalue weighted by Gasteiger charge is -2.10. The number of nitrogens with zero attached hydrogens (tertiary/aromatic N) is 1. The van der Waals surface area contributed by atoms with E-state index < -0.39 is 29.3 Å². The van der Waals surface area contributed by atoms with Gasteiger partial charge in [-0.25, -0.2) is 0 Å². The van der Waals surface area contributed by atoms with Gasteiger partial charge in [0.2, 0.25) is 5.91 Å². The van der Waals surface area contributed by atoms with Crippen LogP contribution in [0, 0.1) is 17.0 Å². The number of nitro groups is 1. The molecule has 0 saturated heterocycles. The fourth-order valence-corrected chi connectivity index (χ4v) is 2.94. The van der Waals surface area contributed by atoms with Crippen molar-refractivity contribution < 1.29 is 24.0 Å². The molecule has 0 aromatic heterocycles. The molecule has 2 aromatic rings. The Labute approximate surface area is 185 Å². The fourth-order valence-electron chi connectivity index (χ4n) is 2.32. The van der Waals surface area contributed by atoms with E-state index in [9.17, 15) is 24.5 Å². The van der Waals surface area contributed by atoms with Crippen molar-refractivity contribution in [2.24, 2.45) is 0 Å². The molecule has 0 fully saturated rings. The van der Waals surface area contributed by atoms with Crippen molar-refractivity contribution in [1.29, 1.82) is 0 Å². The molecule has 0 saturated carbocycles. The summed E-state index contributed by atoms with van der Waals surface area (Å²) in [6.07, 6.45) is -0.457. The van der Waals surface area contributed by atoms with Gasteiger partial charge in [0.1, 0.15) is 0 Å². The minimum absolute atomic E-state index is 0.166. The van der Waals surface area contributed by atoms with Crippen molar-refractivity contribution in [2.45, 2.75) is 19.8 Å². The molecule has 0 spiro atoms. The number of nitrogens with one attached hydrogen (secondary N) is 2. The number of benzene rings is 2. The molecule has 2 rings (SSSR count). The largest absolute Gasteiger partial charge is 0.456 e. The average Bonchev–Trinajstić information content (AvgIpc) is 2.69. The Balaban J connectivity index is 1.76. The summed E-state index contributed by atoms with van der Waals surface area (Å²) in [5.74, 6) is -1.80. The van der Waals surface area contributed by atoms with Crippen molar-refractivity contribution in [3.63, 3.8) is 0 Å². The first-order valence-corrected chi connectivity index (χ1v) is 9.78. The molecule has 0 atom stereocenters. The van der Waals surface area contributed by atoms with Gasteiger partial charge in [0.05, 0.1) is 16.4 Å². The third-order valence-electron chi connectivity index (χ3n) is 3.80. The van der Waals surface area contributed by atoms with Crippen LogP contribution in [-0.4, -0.2) is 29.3 Å². The number of hydrogen-bond acceptors (Lipinski definition) is 6. The second kappa shape index (κ2) is 10.7. The van der Waals surface area contributed by atoms with Crippen LogP contribution in [0.1, 0.15) is 18.4 Å². The molecule has 2 amide bonds. The van der Waals surface area contributed by atoms with E-state index >= 15 is 0 Å². The second-order valence-electron chi connectivity index (χ2n) is 6.15. The number of carbonyl (C=O) groups excluding carboxylic acids is 3. The van der Waals surface area contributed by atoms with Gasteiger partial charge in [-0.2, -0.15) is 0 Å². The van der Waals surface area contributed by atoms with E-state index in [2.05, 4.69) is 26.6 Å². The Kier molecular flexibility index (Phi) is 8.31. The first kappa shape index (κ1) is 23.3. The Hall–Kier alpha value is -2.98. The van der Waals surface area contributed by atoms with E-state index in [4.69, 9.17) is 16.3 Å². The molecule has 11 heteroatoms. The number of ether oxygens (including phenoxy) is 1. The monoisotopic (exact) mass is 497 g/mol. The van der Waals surface area contributed by atoms with E-state index in [-0.39, 0.29) is 24.2 Å². The van der Waals surface area contributed by atoms with Gasteiger partial charge in [-0.05, 0) is 46.6 Å². The van der Waals surface area contributed by atoms with Crippen molar-refractivity contribution in [3.8, 4) is 0 Å². The van der Waals surface area contributed by atoms with Crippen LogP contribution in [0.15, 0.2) is 40.9 Å². The summed E-state index contributed by atoms with van der Waals surface area (Å²) in [5, 5.41) is 16.2. The summed E-state index contributed by atoms with van der Waals surface area (Å²) >= 11 is 9.27. The van der Waals surface area contributed by atoms with Crippen LogP contribution in [0.3, 0.4) is 0 Å². The molecule has 0 aliphatic rings. The molecule has 2 aromatic carbocycles. The maximum atomic E-state index is 12.0. The predicted octanol–water partition coefficient (Wildman–Crippen LogP) is 4.22. The van der Waals surface area contributed by atoms with Gasteiger partial charge in [0.15, 0.2) is 6.61 Å². The van der Waals surface area contributed by atoms with E-state index in [1.807, 2.05) is 0 Å². The minimum atomic E-state index is -0.732. The zero-order chi connectivity index (χ0) is 22.3. The van der Waals surface area contributed by atoms with Crippen molar-refractivity contribution in [1.82, 2.24) is 0 Å². The van der Waals surface area contributed by atoms with E-state index in [0.29, 0.717) is 15.2 Å². The van der Waals surface area contributed by atoms with Crippen molar-refractivity contribution >= 4 is 62.4 Å². The molecule has 0 aliphatic carbocycles. The molecular formula is C19H17BrClN3O6. The van der Waals surface area contributed by atoms with Crippen LogP contribution in [0.25, 0.3) is 0 Å². The van der Waals surface area contributed by atoms with Crippen LogP contribution in [0.5, 0.6) is 0 Å². The summed E-state index contributed by atoms with van der Waals surface area (Å²) in [7, 11) is 0. The Morgan fingerprint density at radius 1 is 1.13 bits per heavy atom. The standard InChI is InChI=1S/C19H17BrClN3O6/c1-11-7-14(20)15(21)9-16(11)23-18(26)10-30-19(27)6-5-17(25)22-12-3-2-4-13(8-12)24(28)29/h2-4,7-9H,5-6,10H2,1H3,(H,22,25)(H,23,26). The highest BCUT2D eigenvalue weighted by Crippen LogP contribution is 2.28. The van der Waals surface area contributed by atoms with Gasteiger partial charge in [0.25, 0.3) is 11.6 Å². The Morgan fingerprint density at radius 3 is 2.57 bits per heavy atom. The average molecular weight is 499 g/mol. The smallest absolute Gasteiger partial charge is 0.306 e. The van der Waals surface area contributed by atoms with Crippen molar-refractivity contribution in [3.05, 3.63) is 61.6 Å². The van der Waals surface area contributed by atoms with Gasteiger partial charge in [0, 0.05) is 34.4 Å². The molecule has 0 aliphatic heterocycles. The first-order valence-electron chi connectivity index (χ1n) is 8.61. The van der Waals surface area contributed by atoms with E-state index in [1.165, 1.54) is 24.3 Å². The molecule has 0 unspecified atom stereocenters. The summed E-state index contributed by atoms with van der Waals surface area (Å²) in [5.41, 5.74) is 1.33. The second-order valence-corrected chi connectivity index (χ2v) is 7.41. The third-order valence-corrected chi connectivity index (χ3v) is 5.00. The molecule has 158 valence electrons. The number of nitro benzene ring substituents is 1. The zero-order valence-electron chi connectivity index (χ0n) is 15.7. The number of rotatable bonds is 8. The Morgan fingerprint density at radius 2 is 1.87 bits per heavy atom. The summed E-state index contributed by atoms with van der Waals surface area (Å²) in [6, 6.07) is 8.73. The summed E-state index contributed by atoms with van der Waals surface area (Å²) < 4.78 is 5.55. The SMILES string of the molecule is Cc1cc(Br)c(Cl)cc1NC(=O)COC(=O)CCC(=O)Nc1cccc([N+](=O)[O-])c1. The summed E-state index contributed by atoms with van der Waals surface area (Å²) in [6.45, 7) is 1.27. The van der Waals surface area contributed by atoms with Crippen LogP contribution in [0.2, 0.25) is 5.02 Å². The highest BCUT2D eigenvalue weighted by molar-refractivity contribution is 9.10. The molecular weight excluding hydrogens is 482 g/mol. The molecule has 30 heavy (non-hydrogen) atoms. The number of hydrogen-bond donors (Lipinski definition) is 2. The number of aryl methyl sites for hydroxylation is 1.